The Bertz CT molecular complexity index is 1030. The summed E-state index contributed by atoms with van der Waals surface area (Å²) in [6.07, 6.45) is 0.581. The smallest absolute Gasteiger partial charge is 0.225 e. The molecule has 154 valence electrons. The van der Waals surface area contributed by atoms with Crippen molar-refractivity contribution >= 4 is 23.2 Å². The summed E-state index contributed by atoms with van der Waals surface area (Å²) in [5, 5.41) is 0. The predicted molar refractivity (Wildman–Crippen MR) is 115 cm³/mol. The van der Waals surface area contributed by atoms with Gasteiger partial charge in [-0.2, -0.15) is 0 Å². The minimum Gasteiger partial charge on any atom is -0.353 e. The molecule has 0 spiro atoms. The summed E-state index contributed by atoms with van der Waals surface area (Å²) in [6, 6.07) is 16.9. The SMILES string of the molecule is CN1C(=O)C[C@]2([C@]34CC(=O)N(C)C3N(C)c3ccccc34)c3ccccc3N(C)C12. The van der Waals surface area contributed by atoms with Gasteiger partial charge in [0.2, 0.25) is 11.8 Å². The Morgan fingerprint density at radius 2 is 1.00 bits per heavy atom. The second-order valence-electron chi connectivity index (χ2n) is 9.31. The maximum atomic E-state index is 13.2. The van der Waals surface area contributed by atoms with Crippen LogP contribution in [0.5, 0.6) is 0 Å². The van der Waals surface area contributed by atoms with E-state index in [1.165, 1.54) is 11.1 Å². The summed E-state index contributed by atoms with van der Waals surface area (Å²) in [6.45, 7) is 0. The minimum absolute atomic E-state index is 0.122. The zero-order valence-corrected chi connectivity index (χ0v) is 17.8. The van der Waals surface area contributed by atoms with Crippen molar-refractivity contribution in [2.75, 3.05) is 38.0 Å². The number of likely N-dealkylation sites (tertiary alicyclic amines) is 2. The summed E-state index contributed by atoms with van der Waals surface area (Å²) < 4.78 is 0. The lowest BCUT2D eigenvalue weighted by molar-refractivity contribution is -0.128. The molecule has 2 aromatic carbocycles. The molecule has 0 aliphatic carbocycles. The molecule has 4 aliphatic heterocycles. The van der Waals surface area contributed by atoms with Crippen LogP contribution in [0.25, 0.3) is 0 Å². The number of rotatable bonds is 1. The lowest BCUT2D eigenvalue weighted by Gasteiger charge is -2.48. The van der Waals surface area contributed by atoms with E-state index in [1.807, 2.05) is 23.9 Å². The molecule has 6 rings (SSSR count). The van der Waals surface area contributed by atoms with Gasteiger partial charge in [-0.3, -0.25) is 9.59 Å². The molecule has 2 fully saturated rings. The third-order valence-corrected chi connectivity index (χ3v) is 8.32. The summed E-state index contributed by atoms with van der Waals surface area (Å²) in [4.78, 5) is 34.8. The van der Waals surface area contributed by atoms with Crippen molar-refractivity contribution in [3.63, 3.8) is 0 Å². The highest BCUT2D eigenvalue weighted by atomic mass is 16.2. The highest BCUT2D eigenvalue weighted by molar-refractivity contribution is 5.92. The molecule has 2 aromatic rings. The average Bonchev–Trinajstić information content (AvgIpc) is 3.36. The van der Waals surface area contributed by atoms with Crippen LogP contribution in [0, 0.1) is 0 Å². The second kappa shape index (κ2) is 5.36. The van der Waals surface area contributed by atoms with Gasteiger partial charge in [0.25, 0.3) is 0 Å². The topological polar surface area (TPSA) is 47.1 Å². The van der Waals surface area contributed by atoms with E-state index in [1.54, 1.807) is 0 Å². The highest BCUT2D eigenvalue weighted by Gasteiger charge is 2.76. The lowest BCUT2D eigenvalue weighted by atomic mass is 9.55. The van der Waals surface area contributed by atoms with E-state index in [4.69, 9.17) is 0 Å². The number of carbonyl (C=O) groups excluding carboxylic acids is 2. The summed E-state index contributed by atoms with van der Waals surface area (Å²) in [7, 11) is 7.98. The second-order valence-corrected chi connectivity index (χ2v) is 9.31. The number of nitrogens with zero attached hydrogens (tertiary/aromatic N) is 4. The first-order valence-corrected chi connectivity index (χ1v) is 10.5. The van der Waals surface area contributed by atoms with E-state index in [0.29, 0.717) is 12.8 Å². The van der Waals surface area contributed by atoms with E-state index in [9.17, 15) is 9.59 Å². The van der Waals surface area contributed by atoms with Crippen LogP contribution in [-0.4, -0.2) is 62.1 Å². The van der Waals surface area contributed by atoms with Crippen LogP contribution in [0.1, 0.15) is 24.0 Å². The Labute approximate surface area is 176 Å². The molecule has 0 saturated carbocycles. The zero-order valence-electron chi connectivity index (χ0n) is 17.8. The largest absolute Gasteiger partial charge is 0.353 e. The first-order valence-electron chi connectivity index (χ1n) is 10.5. The van der Waals surface area contributed by atoms with Crippen molar-refractivity contribution in [1.29, 1.82) is 0 Å². The van der Waals surface area contributed by atoms with Crippen molar-refractivity contribution in [2.45, 2.75) is 36.0 Å². The number of anilines is 2. The number of hydrogen-bond acceptors (Lipinski definition) is 4. The minimum atomic E-state index is -0.504. The van der Waals surface area contributed by atoms with Gasteiger partial charge in [-0.15, -0.1) is 0 Å². The maximum absolute atomic E-state index is 13.2. The van der Waals surface area contributed by atoms with Crippen molar-refractivity contribution in [3.05, 3.63) is 59.7 Å². The number of likely N-dealkylation sites (N-methyl/N-ethyl adjacent to an activating group) is 4. The van der Waals surface area contributed by atoms with Crippen LogP contribution in [0.15, 0.2) is 48.5 Å². The molecule has 0 N–H and O–H groups in total. The lowest BCUT2D eigenvalue weighted by Crippen LogP contribution is -2.62. The monoisotopic (exact) mass is 402 g/mol. The Kier molecular flexibility index (Phi) is 3.18. The van der Waals surface area contributed by atoms with Gasteiger partial charge in [0, 0.05) is 52.4 Å². The van der Waals surface area contributed by atoms with E-state index in [0.717, 1.165) is 11.4 Å². The van der Waals surface area contributed by atoms with Crippen molar-refractivity contribution in [1.82, 2.24) is 9.80 Å². The molecular formula is C24H26N4O2. The normalized spacial score (nSPS) is 33.9. The number of fused-ring (bicyclic) bond motifs is 7. The highest BCUT2D eigenvalue weighted by Crippen LogP contribution is 2.68. The van der Waals surface area contributed by atoms with Gasteiger partial charge in [0.05, 0.1) is 10.8 Å². The Morgan fingerprint density at radius 3 is 1.40 bits per heavy atom. The molecule has 4 heterocycles. The Morgan fingerprint density at radius 1 is 0.633 bits per heavy atom. The van der Waals surface area contributed by atoms with Crippen LogP contribution in [0.2, 0.25) is 0 Å². The Hall–Kier alpha value is -3.02. The molecule has 2 amide bonds. The Balaban J connectivity index is 1.74. The standard InChI is InChI=1S/C24H26N4O2/c1-25-17-11-7-5-9-15(17)23(13-19(29)27(3)21(23)25)24-14-20(30)28(4)22(24)26(2)18-12-8-6-10-16(18)24/h5-12,21-22H,13-14H2,1-4H3/t21?,22?,23-,24-/m0/s1. The van der Waals surface area contributed by atoms with Crippen molar-refractivity contribution < 1.29 is 9.59 Å². The van der Waals surface area contributed by atoms with Crippen molar-refractivity contribution in [2.24, 2.45) is 0 Å². The predicted octanol–water partition coefficient (Wildman–Crippen LogP) is 2.14. The number of para-hydroxylation sites is 2. The van der Waals surface area contributed by atoms with Crippen LogP contribution < -0.4 is 9.80 Å². The number of carbonyl (C=O) groups is 2. The fourth-order valence-electron chi connectivity index (χ4n) is 7.33. The fraction of sp³-hybridized carbons (Fsp3) is 0.417. The van der Waals surface area contributed by atoms with Gasteiger partial charge in [-0.25, -0.2) is 0 Å². The molecule has 30 heavy (non-hydrogen) atoms. The van der Waals surface area contributed by atoms with E-state index in [-0.39, 0.29) is 24.1 Å². The molecule has 6 nitrogen and oxygen atoms in total. The number of amides is 2. The van der Waals surface area contributed by atoms with Gasteiger partial charge in [-0.1, -0.05) is 36.4 Å². The van der Waals surface area contributed by atoms with Crippen molar-refractivity contribution in [3.8, 4) is 0 Å². The molecule has 6 heteroatoms. The maximum Gasteiger partial charge on any atom is 0.225 e. The molecular weight excluding hydrogens is 376 g/mol. The van der Waals surface area contributed by atoms with Crippen LogP contribution in [-0.2, 0) is 20.4 Å². The summed E-state index contributed by atoms with van der Waals surface area (Å²) >= 11 is 0. The fourth-order valence-corrected chi connectivity index (χ4v) is 7.33. The first-order chi connectivity index (χ1) is 14.4. The van der Waals surface area contributed by atoms with Crippen LogP contribution >= 0.6 is 0 Å². The average molecular weight is 402 g/mol. The first kappa shape index (κ1) is 17.8. The molecule has 0 bridgehead atoms. The zero-order chi connectivity index (χ0) is 21.0. The van der Waals surface area contributed by atoms with Crippen LogP contribution in [0.4, 0.5) is 11.4 Å². The van der Waals surface area contributed by atoms with E-state index >= 15 is 0 Å². The molecule has 4 atom stereocenters. The van der Waals surface area contributed by atoms with E-state index in [2.05, 4.69) is 72.4 Å². The molecule has 4 aliphatic rings. The quantitative estimate of drug-likeness (QED) is 0.733. The molecule has 0 radical (unpaired) electrons. The number of benzene rings is 2. The van der Waals surface area contributed by atoms with Gasteiger partial charge >= 0.3 is 0 Å². The van der Waals surface area contributed by atoms with Gasteiger partial charge in [0.1, 0.15) is 12.3 Å². The molecule has 0 aromatic heterocycles. The molecule has 2 unspecified atom stereocenters. The molecule has 2 saturated heterocycles. The third kappa shape index (κ3) is 1.63. The summed E-state index contributed by atoms with van der Waals surface area (Å²) in [5.74, 6) is 0.284. The van der Waals surface area contributed by atoms with Crippen LogP contribution in [0.3, 0.4) is 0 Å². The van der Waals surface area contributed by atoms with Gasteiger partial charge in [0.15, 0.2) is 0 Å². The number of hydrogen-bond donors (Lipinski definition) is 0. The summed E-state index contributed by atoms with van der Waals surface area (Å²) in [5.41, 5.74) is 3.68. The third-order valence-electron chi connectivity index (χ3n) is 8.32. The van der Waals surface area contributed by atoms with E-state index < -0.39 is 10.8 Å². The van der Waals surface area contributed by atoms with Gasteiger partial charge in [-0.05, 0) is 23.3 Å². The van der Waals surface area contributed by atoms with Gasteiger partial charge < -0.3 is 19.6 Å².